The molecule has 0 aliphatic carbocycles. The summed E-state index contributed by atoms with van der Waals surface area (Å²) in [5.41, 5.74) is 3.68. The van der Waals surface area contributed by atoms with Crippen molar-refractivity contribution in [2.45, 2.75) is 0 Å². The number of aromatic nitrogens is 3. The Morgan fingerprint density at radius 2 is 1.81 bits per heavy atom. The van der Waals surface area contributed by atoms with Crippen LogP contribution in [0.5, 0.6) is 0 Å². The van der Waals surface area contributed by atoms with Gasteiger partial charge in [0.1, 0.15) is 0 Å². The van der Waals surface area contributed by atoms with Gasteiger partial charge in [0.2, 0.25) is 0 Å². The van der Waals surface area contributed by atoms with E-state index < -0.39 is 0 Å². The second-order valence-electron chi connectivity index (χ2n) is 5.91. The van der Waals surface area contributed by atoms with Crippen LogP contribution >= 0.6 is 27.3 Å². The molecular weight excluding hydrogens is 410 g/mol. The van der Waals surface area contributed by atoms with Crippen LogP contribution in [-0.4, -0.2) is 14.0 Å². The molecule has 0 saturated heterocycles. The molecular formula is C20H12BrN3OS. The summed E-state index contributed by atoms with van der Waals surface area (Å²) < 4.78 is 5.47. The number of imidazole rings is 1. The summed E-state index contributed by atoms with van der Waals surface area (Å²) in [6, 6.07) is 19.8. The number of rotatable bonds is 2. The van der Waals surface area contributed by atoms with Crippen molar-refractivity contribution in [1.29, 1.82) is 0 Å². The summed E-state index contributed by atoms with van der Waals surface area (Å²) in [6.07, 6.45) is 3.92. The van der Waals surface area contributed by atoms with Crippen molar-refractivity contribution in [1.82, 2.24) is 14.0 Å². The molecule has 5 aromatic rings. The number of para-hydroxylation sites is 2. The molecule has 0 amide bonds. The van der Waals surface area contributed by atoms with Gasteiger partial charge in [-0.2, -0.15) is 0 Å². The van der Waals surface area contributed by atoms with Crippen molar-refractivity contribution >= 4 is 49.3 Å². The standard InChI is InChI=1S/C20H12BrN3OS/c21-13-7-9-14(10-8-13)23-11-3-4-15(23)12-18-19(25)24-17-6-2-1-5-16(17)22-20(24)26-18/h1-12H. The third-order valence-electron chi connectivity index (χ3n) is 4.31. The lowest BCUT2D eigenvalue weighted by atomic mass is 10.3. The van der Waals surface area contributed by atoms with E-state index in [4.69, 9.17) is 0 Å². The van der Waals surface area contributed by atoms with Crippen LogP contribution < -0.4 is 10.1 Å². The van der Waals surface area contributed by atoms with Gasteiger partial charge in [-0.1, -0.05) is 39.4 Å². The van der Waals surface area contributed by atoms with Gasteiger partial charge in [-0.3, -0.25) is 4.79 Å². The number of thiazole rings is 1. The number of nitrogens with zero attached hydrogens (tertiary/aromatic N) is 3. The highest BCUT2D eigenvalue weighted by molar-refractivity contribution is 9.10. The second-order valence-corrected chi connectivity index (χ2v) is 7.84. The van der Waals surface area contributed by atoms with Gasteiger partial charge in [0, 0.05) is 22.1 Å². The van der Waals surface area contributed by atoms with E-state index in [1.54, 1.807) is 4.40 Å². The van der Waals surface area contributed by atoms with Crippen LogP contribution in [-0.2, 0) is 0 Å². The summed E-state index contributed by atoms with van der Waals surface area (Å²) in [4.78, 5) is 18.2. The zero-order valence-electron chi connectivity index (χ0n) is 13.5. The summed E-state index contributed by atoms with van der Waals surface area (Å²) >= 11 is 4.88. The summed E-state index contributed by atoms with van der Waals surface area (Å²) in [5, 5.41) is 0. The van der Waals surface area contributed by atoms with E-state index >= 15 is 0 Å². The molecule has 3 heterocycles. The number of benzene rings is 2. The van der Waals surface area contributed by atoms with Crippen LogP contribution in [0.15, 0.2) is 76.1 Å². The molecule has 0 fully saturated rings. The van der Waals surface area contributed by atoms with Crippen molar-refractivity contribution in [3.8, 4) is 5.69 Å². The molecule has 4 nitrogen and oxygen atoms in total. The highest BCUT2D eigenvalue weighted by Crippen LogP contribution is 2.18. The van der Waals surface area contributed by atoms with Crippen molar-refractivity contribution < 1.29 is 0 Å². The average molecular weight is 422 g/mol. The van der Waals surface area contributed by atoms with E-state index in [1.807, 2.05) is 72.9 Å². The molecule has 0 radical (unpaired) electrons. The fraction of sp³-hybridized carbons (Fsp3) is 0. The van der Waals surface area contributed by atoms with Crippen LogP contribution in [0.4, 0.5) is 0 Å². The fourth-order valence-corrected chi connectivity index (χ4v) is 4.33. The molecule has 0 bridgehead atoms. The largest absolute Gasteiger partial charge is 0.317 e. The number of hydrogen-bond acceptors (Lipinski definition) is 3. The minimum atomic E-state index is -0.0257. The van der Waals surface area contributed by atoms with Crippen LogP contribution in [0.25, 0.3) is 27.8 Å². The Morgan fingerprint density at radius 1 is 1.00 bits per heavy atom. The maximum absolute atomic E-state index is 12.9. The molecule has 0 aliphatic rings. The first-order valence-electron chi connectivity index (χ1n) is 8.06. The normalized spacial score (nSPS) is 12.4. The third-order valence-corrected chi connectivity index (χ3v) is 5.81. The Hall–Kier alpha value is -2.70. The quantitative estimate of drug-likeness (QED) is 0.431. The summed E-state index contributed by atoms with van der Waals surface area (Å²) in [5.74, 6) is 0. The maximum Gasteiger partial charge on any atom is 0.275 e. The molecule has 5 rings (SSSR count). The van der Waals surface area contributed by atoms with Gasteiger partial charge in [-0.25, -0.2) is 9.38 Å². The van der Waals surface area contributed by atoms with Crippen molar-refractivity contribution in [3.63, 3.8) is 0 Å². The molecule has 126 valence electrons. The molecule has 0 N–H and O–H groups in total. The van der Waals surface area contributed by atoms with E-state index in [-0.39, 0.29) is 5.56 Å². The Labute approximate surface area is 160 Å². The van der Waals surface area contributed by atoms with Gasteiger partial charge in [0.05, 0.1) is 15.6 Å². The molecule has 3 aromatic heterocycles. The Bertz CT molecular complexity index is 1360. The predicted octanol–water partition coefficient (Wildman–Crippen LogP) is 4.01. The lowest BCUT2D eigenvalue weighted by Crippen LogP contribution is -2.23. The monoisotopic (exact) mass is 421 g/mol. The summed E-state index contributed by atoms with van der Waals surface area (Å²) in [7, 11) is 0. The zero-order chi connectivity index (χ0) is 17.7. The average Bonchev–Trinajstić information content (AvgIpc) is 3.32. The van der Waals surface area contributed by atoms with Crippen LogP contribution in [0.1, 0.15) is 5.69 Å². The number of hydrogen-bond donors (Lipinski definition) is 0. The van der Waals surface area contributed by atoms with Crippen molar-refractivity contribution in [2.24, 2.45) is 0 Å². The first-order chi connectivity index (χ1) is 12.7. The van der Waals surface area contributed by atoms with Gasteiger partial charge in [0.25, 0.3) is 5.56 Å². The molecule has 0 atom stereocenters. The lowest BCUT2D eigenvalue weighted by molar-refractivity contribution is 1.06. The minimum absolute atomic E-state index is 0.0257. The van der Waals surface area contributed by atoms with Gasteiger partial charge >= 0.3 is 0 Å². The van der Waals surface area contributed by atoms with E-state index in [9.17, 15) is 4.79 Å². The predicted molar refractivity (Wildman–Crippen MR) is 109 cm³/mol. The smallest absolute Gasteiger partial charge is 0.275 e. The van der Waals surface area contributed by atoms with Crippen LogP contribution in [0.2, 0.25) is 0 Å². The fourth-order valence-electron chi connectivity index (χ4n) is 3.09. The van der Waals surface area contributed by atoms with Crippen LogP contribution in [0.3, 0.4) is 0 Å². The summed E-state index contributed by atoms with van der Waals surface area (Å²) in [6.45, 7) is 0. The first-order valence-corrected chi connectivity index (χ1v) is 9.67. The van der Waals surface area contributed by atoms with E-state index in [1.165, 1.54) is 11.3 Å². The van der Waals surface area contributed by atoms with Crippen molar-refractivity contribution in [2.75, 3.05) is 0 Å². The van der Waals surface area contributed by atoms with Gasteiger partial charge in [-0.05, 0) is 54.6 Å². The Kier molecular flexibility index (Phi) is 3.55. The molecule has 0 spiro atoms. The molecule has 26 heavy (non-hydrogen) atoms. The highest BCUT2D eigenvalue weighted by Gasteiger charge is 2.11. The molecule has 2 aromatic carbocycles. The van der Waals surface area contributed by atoms with Gasteiger partial charge in [-0.15, -0.1) is 0 Å². The van der Waals surface area contributed by atoms with E-state index in [0.717, 1.165) is 31.8 Å². The van der Waals surface area contributed by atoms with Gasteiger partial charge < -0.3 is 4.57 Å². The molecule has 0 unspecified atom stereocenters. The maximum atomic E-state index is 12.9. The molecule has 6 heteroatoms. The number of halogens is 1. The zero-order valence-corrected chi connectivity index (χ0v) is 15.9. The topological polar surface area (TPSA) is 39.3 Å². The lowest BCUT2D eigenvalue weighted by Gasteiger charge is -2.06. The van der Waals surface area contributed by atoms with Crippen LogP contribution in [0, 0.1) is 0 Å². The third kappa shape index (κ3) is 2.41. The SMILES string of the molecule is O=c1c(=Cc2cccn2-c2ccc(Br)cc2)sc2nc3ccccc3n12. The highest BCUT2D eigenvalue weighted by atomic mass is 79.9. The Balaban J connectivity index is 1.71. The Morgan fingerprint density at radius 3 is 2.65 bits per heavy atom. The van der Waals surface area contributed by atoms with E-state index in [2.05, 4.69) is 25.5 Å². The second kappa shape index (κ2) is 5.93. The van der Waals surface area contributed by atoms with E-state index in [0.29, 0.717) is 4.53 Å². The molecule has 0 saturated carbocycles. The van der Waals surface area contributed by atoms with Crippen molar-refractivity contribution in [3.05, 3.63) is 91.9 Å². The molecule has 0 aliphatic heterocycles. The minimum Gasteiger partial charge on any atom is -0.317 e. The first kappa shape index (κ1) is 15.5. The van der Waals surface area contributed by atoms with Gasteiger partial charge in [0.15, 0.2) is 4.96 Å². The number of fused-ring (bicyclic) bond motifs is 3.